The van der Waals surface area contributed by atoms with Gasteiger partial charge in [-0.3, -0.25) is 4.40 Å². The Labute approximate surface area is 168 Å². The number of aromatic nitrogens is 2. The van der Waals surface area contributed by atoms with Gasteiger partial charge < -0.3 is 14.8 Å². The van der Waals surface area contributed by atoms with Crippen molar-refractivity contribution in [2.45, 2.75) is 6.54 Å². The first-order valence-corrected chi connectivity index (χ1v) is 9.23. The minimum absolute atomic E-state index is 0.360. The molecule has 0 spiro atoms. The van der Waals surface area contributed by atoms with Crippen LogP contribution in [0.5, 0.6) is 5.75 Å². The second kappa shape index (κ2) is 8.06. The van der Waals surface area contributed by atoms with E-state index >= 15 is 0 Å². The summed E-state index contributed by atoms with van der Waals surface area (Å²) >= 11 is 0. The van der Waals surface area contributed by atoms with Crippen molar-refractivity contribution in [3.05, 3.63) is 84.1 Å². The van der Waals surface area contributed by atoms with Crippen LogP contribution in [0.4, 0.5) is 5.82 Å². The second-order valence-corrected chi connectivity index (χ2v) is 6.47. The normalized spacial score (nSPS) is 10.7. The van der Waals surface area contributed by atoms with Crippen LogP contribution in [0.25, 0.3) is 16.9 Å². The summed E-state index contributed by atoms with van der Waals surface area (Å²) in [4.78, 5) is 16.5. The van der Waals surface area contributed by atoms with Crippen molar-refractivity contribution in [2.75, 3.05) is 19.5 Å². The first kappa shape index (κ1) is 18.6. The maximum atomic E-state index is 11.7. The van der Waals surface area contributed by atoms with E-state index in [1.54, 1.807) is 19.2 Å². The van der Waals surface area contributed by atoms with E-state index in [1.165, 1.54) is 7.11 Å². The maximum absolute atomic E-state index is 11.7. The highest BCUT2D eigenvalue weighted by molar-refractivity contribution is 5.90. The quantitative estimate of drug-likeness (QED) is 0.497. The Morgan fingerprint density at radius 2 is 1.76 bits per heavy atom. The van der Waals surface area contributed by atoms with Gasteiger partial charge in [0.15, 0.2) is 0 Å². The molecular weight excluding hydrogens is 366 g/mol. The number of hydrogen-bond donors (Lipinski definition) is 1. The number of carbonyl (C=O) groups excluding carboxylic acids is 1. The molecule has 0 unspecified atom stereocenters. The topological polar surface area (TPSA) is 64.9 Å². The van der Waals surface area contributed by atoms with Gasteiger partial charge in [0.05, 0.1) is 19.8 Å². The van der Waals surface area contributed by atoms with Crippen LogP contribution in [0.3, 0.4) is 0 Å². The number of esters is 1. The Morgan fingerprint density at radius 3 is 2.52 bits per heavy atom. The molecule has 6 heteroatoms. The molecule has 1 N–H and O–H groups in total. The number of hydrogen-bond acceptors (Lipinski definition) is 5. The van der Waals surface area contributed by atoms with E-state index in [0.717, 1.165) is 34.0 Å². The van der Waals surface area contributed by atoms with E-state index in [-0.39, 0.29) is 5.97 Å². The molecule has 2 aromatic carbocycles. The van der Waals surface area contributed by atoms with Crippen LogP contribution in [-0.4, -0.2) is 29.6 Å². The van der Waals surface area contributed by atoms with Crippen molar-refractivity contribution in [1.82, 2.24) is 9.38 Å². The lowest BCUT2D eigenvalue weighted by molar-refractivity contribution is 0.0601. The van der Waals surface area contributed by atoms with Crippen molar-refractivity contribution >= 4 is 17.4 Å². The number of nitrogens with zero attached hydrogens (tertiary/aromatic N) is 2. The molecule has 4 rings (SSSR count). The summed E-state index contributed by atoms with van der Waals surface area (Å²) in [6.45, 7) is 0.583. The molecule has 29 heavy (non-hydrogen) atoms. The fourth-order valence-corrected chi connectivity index (χ4v) is 3.28. The van der Waals surface area contributed by atoms with Crippen LogP contribution in [0.1, 0.15) is 15.9 Å². The number of imidazole rings is 1. The first-order chi connectivity index (χ1) is 14.2. The zero-order chi connectivity index (χ0) is 20.2. The van der Waals surface area contributed by atoms with Crippen LogP contribution >= 0.6 is 0 Å². The number of rotatable bonds is 6. The van der Waals surface area contributed by atoms with E-state index in [9.17, 15) is 4.79 Å². The number of para-hydroxylation sites is 1. The van der Waals surface area contributed by atoms with Gasteiger partial charge >= 0.3 is 5.97 Å². The summed E-state index contributed by atoms with van der Waals surface area (Å²) in [5.74, 6) is 1.34. The molecule has 0 aliphatic carbocycles. The summed E-state index contributed by atoms with van der Waals surface area (Å²) in [7, 11) is 3.04. The summed E-state index contributed by atoms with van der Waals surface area (Å²) < 4.78 is 12.3. The zero-order valence-corrected chi connectivity index (χ0v) is 16.3. The molecule has 2 heterocycles. The highest BCUT2D eigenvalue weighted by atomic mass is 16.5. The number of benzene rings is 2. The van der Waals surface area contributed by atoms with Crippen molar-refractivity contribution in [1.29, 1.82) is 0 Å². The van der Waals surface area contributed by atoms with Gasteiger partial charge in [0.2, 0.25) is 0 Å². The number of nitrogens with one attached hydrogen (secondary N) is 1. The third kappa shape index (κ3) is 3.65. The van der Waals surface area contributed by atoms with Crippen molar-refractivity contribution in [2.24, 2.45) is 0 Å². The Bertz CT molecular complexity index is 1150. The number of carbonyl (C=O) groups is 1. The standard InChI is InChI=1S/C23H21N3O3/c1-28-19-8-4-3-7-18(19)15-24-22-21(25-20-9-5-6-14-26(20)22)16-10-12-17(13-11-16)23(27)29-2/h3-14,24H,15H2,1-2H3. The van der Waals surface area contributed by atoms with Gasteiger partial charge in [0, 0.05) is 23.9 Å². The van der Waals surface area contributed by atoms with Crippen molar-refractivity contribution < 1.29 is 14.3 Å². The average molecular weight is 387 g/mol. The van der Waals surface area contributed by atoms with Crippen LogP contribution in [0, 0.1) is 0 Å². The molecular formula is C23H21N3O3. The predicted octanol–water partition coefficient (Wildman–Crippen LogP) is 4.41. The third-order valence-electron chi connectivity index (χ3n) is 4.75. The third-order valence-corrected chi connectivity index (χ3v) is 4.75. The summed E-state index contributed by atoms with van der Waals surface area (Å²) in [5, 5.41) is 3.50. The molecule has 0 bridgehead atoms. The van der Waals surface area contributed by atoms with Gasteiger partial charge in [-0.15, -0.1) is 0 Å². The van der Waals surface area contributed by atoms with E-state index in [2.05, 4.69) is 5.32 Å². The van der Waals surface area contributed by atoms with Gasteiger partial charge in [-0.1, -0.05) is 36.4 Å². The first-order valence-electron chi connectivity index (χ1n) is 9.23. The molecule has 6 nitrogen and oxygen atoms in total. The Morgan fingerprint density at radius 1 is 1.00 bits per heavy atom. The Kier molecular flexibility index (Phi) is 5.16. The van der Waals surface area contributed by atoms with Crippen LogP contribution in [0.2, 0.25) is 0 Å². The number of methoxy groups -OCH3 is 2. The number of pyridine rings is 1. The lowest BCUT2D eigenvalue weighted by Gasteiger charge is -2.12. The summed E-state index contributed by atoms with van der Waals surface area (Å²) in [6.07, 6.45) is 1.97. The maximum Gasteiger partial charge on any atom is 0.337 e. The van der Waals surface area contributed by atoms with Gasteiger partial charge in [0.1, 0.15) is 22.9 Å². The molecule has 0 fully saturated rings. The predicted molar refractivity (Wildman–Crippen MR) is 112 cm³/mol. The smallest absolute Gasteiger partial charge is 0.337 e. The van der Waals surface area contributed by atoms with E-state index < -0.39 is 0 Å². The molecule has 146 valence electrons. The Balaban J connectivity index is 1.72. The molecule has 0 atom stereocenters. The van der Waals surface area contributed by atoms with Gasteiger partial charge in [-0.2, -0.15) is 0 Å². The van der Waals surface area contributed by atoms with E-state index in [4.69, 9.17) is 14.5 Å². The lowest BCUT2D eigenvalue weighted by Crippen LogP contribution is -2.05. The zero-order valence-electron chi connectivity index (χ0n) is 16.3. The molecule has 0 amide bonds. The number of anilines is 1. The highest BCUT2D eigenvalue weighted by Gasteiger charge is 2.15. The monoisotopic (exact) mass is 387 g/mol. The molecule has 0 radical (unpaired) electrons. The summed E-state index contributed by atoms with van der Waals surface area (Å²) in [6, 6.07) is 21.0. The Hall–Kier alpha value is -3.80. The van der Waals surface area contributed by atoms with Crippen molar-refractivity contribution in [3.63, 3.8) is 0 Å². The van der Waals surface area contributed by atoms with Gasteiger partial charge in [-0.05, 0) is 30.3 Å². The fraction of sp³-hybridized carbons (Fsp3) is 0.130. The minimum Gasteiger partial charge on any atom is -0.496 e. The second-order valence-electron chi connectivity index (χ2n) is 6.47. The van der Waals surface area contributed by atoms with Crippen molar-refractivity contribution in [3.8, 4) is 17.0 Å². The molecule has 0 aliphatic heterocycles. The average Bonchev–Trinajstić information content (AvgIpc) is 3.16. The van der Waals surface area contributed by atoms with Crippen LogP contribution < -0.4 is 10.1 Å². The minimum atomic E-state index is -0.360. The lowest BCUT2D eigenvalue weighted by atomic mass is 10.1. The molecule has 2 aromatic heterocycles. The SMILES string of the molecule is COC(=O)c1ccc(-c2nc3ccccn3c2NCc2ccccc2OC)cc1. The molecule has 0 saturated carbocycles. The number of ether oxygens (including phenoxy) is 2. The van der Waals surface area contributed by atoms with Crippen LogP contribution in [0.15, 0.2) is 72.9 Å². The summed E-state index contributed by atoms with van der Waals surface area (Å²) in [5.41, 5.74) is 4.10. The van der Waals surface area contributed by atoms with Gasteiger partial charge in [-0.25, -0.2) is 9.78 Å². The molecule has 0 saturated heterocycles. The molecule has 0 aliphatic rings. The van der Waals surface area contributed by atoms with Crippen LogP contribution in [-0.2, 0) is 11.3 Å². The largest absolute Gasteiger partial charge is 0.496 e. The fourth-order valence-electron chi connectivity index (χ4n) is 3.28. The highest BCUT2D eigenvalue weighted by Crippen LogP contribution is 2.30. The van der Waals surface area contributed by atoms with Gasteiger partial charge in [0.25, 0.3) is 0 Å². The molecule has 4 aromatic rings. The van der Waals surface area contributed by atoms with E-state index in [1.807, 2.05) is 65.2 Å². The number of fused-ring (bicyclic) bond motifs is 1. The van der Waals surface area contributed by atoms with E-state index in [0.29, 0.717) is 12.1 Å².